The van der Waals surface area contributed by atoms with E-state index in [1.165, 1.54) is 11.8 Å². The number of benzene rings is 2. The number of nitriles is 1. The van der Waals surface area contributed by atoms with Crippen molar-refractivity contribution in [1.29, 1.82) is 5.26 Å². The summed E-state index contributed by atoms with van der Waals surface area (Å²) in [6.45, 7) is 0.341. The van der Waals surface area contributed by atoms with E-state index in [9.17, 15) is 10.1 Å². The number of rotatable bonds is 6. The van der Waals surface area contributed by atoms with Crippen molar-refractivity contribution < 1.29 is 23.7 Å². The normalized spacial score (nSPS) is 17.9. The van der Waals surface area contributed by atoms with Crippen molar-refractivity contribution in [3.05, 3.63) is 52.6 Å². The highest BCUT2D eigenvalue weighted by Crippen LogP contribution is 2.45. The number of methoxy groups -OCH3 is 4. The SMILES string of the molecule is COc1ccc(N2CSC3=C(C#N)[C@H](c4ccc(OC)c(OC)c4)CC(=O)N3C2)c(OC)c1. The monoisotopic (exact) mass is 467 g/mol. The maximum Gasteiger partial charge on any atom is 0.229 e. The fraction of sp³-hybridized carbons (Fsp3) is 0.333. The van der Waals surface area contributed by atoms with Gasteiger partial charge in [0.25, 0.3) is 0 Å². The molecule has 1 amide bonds. The Bertz CT molecular complexity index is 1140. The van der Waals surface area contributed by atoms with Crippen molar-refractivity contribution in [3.8, 4) is 29.1 Å². The summed E-state index contributed by atoms with van der Waals surface area (Å²) < 4.78 is 21.6. The summed E-state index contributed by atoms with van der Waals surface area (Å²) in [4.78, 5) is 17.0. The Hall–Kier alpha value is -3.51. The lowest BCUT2D eigenvalue weighted by Crippen LogP contribution is -2.47. The van der Waals surface area contributed by atoms with Crippen molar-refractivity contribution in [2.45, 2.75) is 12.3 Å². The van der Waals surface area contributed by atoms with Gasteiger partial charge in [0, 0.05) is 18.4 Å². The molecule has 0 unspecified atom stereocenters. The van der Waals surface area contributed by atoms with Crippen molar-refractivity contribution >= 4 is 23.4 Å². The maximum absolute atomic E-state index is 13.2. The maximum atomic E-state index is 13.2. The first kappa shape index (κ1) is 22.7. The Kier molecular flexibility index (Phi) is 6.56. The second-order valence-electron chi connectivity index (χ2n) is 7.52. The molecule has 0 bridgehead atoms. The van der Waals surface area contributed by atoms with E-state index >= 15 is 0 Å². The molecule has 172 valence electrons. The molecule has 2 aliphatic rings. The third-order valence-corrected chi connectivity index (χ3v) is 6.99. The number of allylic oxidation sites excluding steroid dienone is 1. The minimum Gasteiger partial charge on any atom is -0.497 e. The van der Waals surface area contributed by atoms with Crippen LogP contribution in [0, 0.1) is 11.3 Å². The van der Waals surface area contributed by atoms with Crippen molar-refractivity contribution in [2.75, 3.05) is 45.9 Å². The molecule has 0 spiro atoms. The Morgan fingerprint density at radius 3 is 2.39 bits per heavy atom. The van der Waals surface area contributed by atoms with Gasteiger partial charge in [0.2, 0.25) is 5.91 Å². The zero-order valence-corrected chi connectivity index (χ0v) is 19.8. The molecule has 2 aromatic rings. The third kappa shape index (κ3) is 4.14. The first-order valence-corrected chi connectivity index (χ1v) is 11.3. The van der Waals surface area contributed by atoms with E-state index in [1.807, 2.05) is 30.3 Å². The number of hydrogen-bond donors (Lipinski definition) is 0. The van der Waals surface area contributed by atoms with Crippen LogP contribution in [0.3, 0.4) is 0 Å². The smallest absolute Gasteiger partial charge is 0.229 e. The largest absolute Gasteiger partial charge is 0.497 e. The number of ether oxygens (including phenoxy) is 4. The van der Waals surface area contributed by atoms with Crippen LogP contribution >= 0.6 is 11.8 Å². The number of nitrogens with zero attached hydrogens (tertiary/aromatic N) is 3. The van der Waals surface area contributed by atoms with Gasteiger partial charge in [-0.05, 0) is 29.8 Å². The fourth-order valence-electron chi connectivity index (χ4n) is 4.12. The van der Waals surface area contributed by atoms with E-state index in [1.54, 1.807) is 39.4 Å². The number of anilines is 1. The molecular weight excluding hydrogens is 442 g/mol. The fourth-order valence-corrected chi connectivity index (χ4v) is 5.27. The van der Waals surface area contributed by atoms with Crippen LogP contribution in [0.1, 0.15) is 17.9 Å². The Labute approximate surface area is 197 Å². The van der Waals surface area contributed by atoms with Crippen LogP contribution < -0.4 is 23.8 Å². The van der Waals surface area contributed by atoms with Crippen molar-refractivity contribution in [3.63, 3.8) is 0 Å². The highest BCUT2D eigenvalue weighted by atomic mass is 32.2. The van der Waals surface area contributed by atoms with E-state index in [0.717, 1.165) is 11.3 Å². The standard InChI is InChI=1S/C24H25N3O5S/c1-29-16-6-7-19(21(10-16)31-3)26-13-27-23(28)11-17(18(12-25)24(27)33-14-26)15-5-8-20(30-2)22(9-15)32-4/h5-10,17H,11,13-14H2,1-4H3/t17-/m0/s1. The van der Waals surface area contributed by atoms with Gasteiger partial charge in [0.05, 0.1) is 63.3 Å². The summed E-state index contributed by atoms with van der Waals surface area (Å²) in [5.41, 5.74) is 2.30. The molecule has 0 N–H and O–H groups in total. The number of fused-ring (bicyclic) bond motifs is 1. The number of hydrogen-bond acceptors (Lipinski definition) is 8. The van der Waals surface area contributed by atoms with E-state index in [2.05, 4.69) is 11.0 Å². The van der Waals surface area contributed by atoms with Gasteiger partial charge in [-0.2, -0.15) is 5.26 Å². The summed E-state index contributed by atoms with van der Waals surface area (Å²) in [7, 11) is 6.35. The second-order valence-corrected chi connectivity index (χ2v) is 8.45. The zero-order chi connectivity index (χ0) is 23.5. The van der Waals surface area contributed by atoms with Crippen molar-refractivity contribution in [2.24, 2.45) is 0 Å². The molecule has 8 nitrogen and oxygen atoms in total. The average molecular weight is 468 g/mol. The Morgan fingerprint density at radius 1 is 0.970 bits per heavy atom. The molecular formula is C24H25N3O5S. The van der Waals surface area contributed by atoms with E-state index < -0.39 is 0 Å². The van der Waals surface area contributed by atoms with Gasteiger partial charge in [-0.3, -0.25) is 9.69 Å². The summed E-state index contributed by atoms with van der Waals surface area (Å²) in [5, 5.41) is 10.7. The highest BCUT2D eigenvalue weighted by molar-refractivity contribution is 8.03. The summed E-state index contributed by atoms with van der Waals surface area (Å²) in [6.07, 6.45) is 0.204. The van der Waals surface area contributed by atoms with Crippen LogP contribution in [-0.2, 0) is 4.79 Å². The van der Waals surface area contributed by atoms with Crippen LogP contribution in [0.15, 0.2) is 47.0 Å². The predicted octanol–water partition coefficient (Wildman–Crippen LogP) is 3.94. The van der Waals surface area contributed by atoms with Gasteiger partial charge in [-0.15, -0.1) is 0 Å². The summed E-state index contributed by atoms with van der Waals surface area (Å²) in [5.74, 6) is 2.74. The molecule has 1 saturated heterocycles. The molecule has 2 aliphatic heterocycles. The van der Waals surface area contributed by atoms with E-state index in [4.69, 9.17) is 18.9 Å². The third-order valence-electron chi connectivity index (χ3n) is 5.83. The number of carbonyl (C=O) groups excluding carboxylic acids is 1. The van der Waals surface area contributed by atoms with Gasteiger partial charge >= 0.3 is 0 Å². The lowest BCUT2D eigenvalue weighted by atomic mass is 9.86. The van der Waals surface area contributed by atoms with Crippen molar-refractivity contribution in [1.82, 2.24) is 4.90 Å². The van der Waals surface area contributed by atoms with E-state index in [0.29, 0.717) is 46.1 Å². The summed E-state index contributed by atoms with van der Waals surface area (Å²) in [6, 6.07) is 13.5. The Morgan fingerprint density at radius 2 is 1.73 bits per heavy atom. The minimum atomic E-state index is -0.330. The van der Waals surface area contributed by atoms with Gasteiger partial charge in [0.1, 0.15) is 11.5 Å². The first-order valence-electron chi connectivity index (χ1n) is 10.3. The van der Waals surface area contributed by atoms with Gasteiger partial charge < -0.3 is 23.8 Å². The summed E-state index contributed by atoms with van der Waals surface area (Å²) >= 11 is 1.48. The second kappa shape index (κ2) is 9.55. The van der Waals surface area contributed by atoms with Crippen LogP contribution in [0.4, 0.5) is 5.69 Å². The van der Waals surface area contributed by atoms with Gasteiger partial charge in [0.15, 0.2) is 11.5 Å². The Balaban J connectivity index is 1.66. The number of thioether (sulfide) groups is 1. The molecule has 4 rings (SSSR count). The lowest BCUT2D eigenvalue weighted by molar-refractivity contribution is -0.129. The first-order chi connectivity index (χ1) is 16.0. The predicted molar refractivity (Wildman–Crippen MR) is 126 cm³/mol. The van der Waals surface area contributed by atoms with Crippen LogP contribution in [0.5, 0.6) is 23.0 Å². The minimum absolute atomic E-state index is 0.0338. The molecule has 0 radical (unpaired) electrons. The average Bonchev–Trinajstić information content (AvgIpc) is 2.87. The number of carbonyl (C=O) groups is 1. The highest BCUT2D eigenvalue weighted by Gasteiger charge is 2.39. The molecule has 1 atom stereocenters. The van der Waals surface area contributed by atoms with Gasteiger partial charge in [-0.25, -0.2) is 0 Å². The lowest BCUT2D eigenvalue weighted by Gasteiger charge is -2.42. The van der Waals surface area contributed by atoms with E-state index in [-0.39, 0.29) is 18.2 Å². The van der Waals surface area contributed by atoms with Crippen LogP contribution in [0.2, 0.25) is 0 Å². The molecule has 0 aromatic heterocycles. The molecule has 0 aliphatic carbocycles. The molecule has 33 heavy (non-hydrogen) atoms. The van der Waals surface area contributed by atoms with Crippen LogP contribution in [0.25, 0.3) is 0 Å². The molecule has 0 saturated carbocycles. The topological polar surface area (TPSA) is 84.3 Å². The van der Waals surface area contributed by atoms with Gasteiger partial charge in [-0.1, -0.05) is 17.8 Å². The molecule has 1 fully saturated rings. The molecule has 9 heteroatoms. The molecule has 2 heterocycles. The van der Waals surface area contributed by atoms with Crippen LogP contribution in [-0.4, -0.2) is 51.8 Å². The quantitative estimate of drug-likeness (QED) is 0.632. The number of amides is 1. The zero-order valence-electron chi connectivity index (χ0n) is 19.0. The molecule has 2 aromatic carbocycles.